The van der Waals surface area contributed by atoms with Crippen molar-refractivity contribution < 1.29 is 4.74 Å². The maximum Gasteiger partial charge on any atom is 0.234 e. The summed E-state index contributed by atoms with van der Waals surface area (Å²) >= 11 is 5.70. The van der Waals surface area contributed by atoms with Gasteiger partial charge in [-0.2, -0.15) is 4.98 Å². The van der Waals surface area contributed by atoms with E-state index in [1.54, 1.807) is 12.4 Å². The van der Waals surface area contributed by atoms with Crippen LogP contribution in [-0.4, -0.2) is 35.5 Å². The predicted octanol–water partition coefficient (Wildman–Crippen LogP) is 1.94. The first-order valence-corrected chi connectivity index (χ1v) is 5.61. The molecule has 0 fully saturated rings. The Bertz CT molecular complexity index is 296. The smallest absolute Gasteiger partial charge is 0.234 e. The maximum absolute atomic E-state index is 5.70. The van der Waals surface area contributed by atoms with E-state index < -0.39 is 0 Å². The van der Waals surface area contributed by atoms with Crippen molar-refractivity contribution in [3.8, 4) is 5.88 Å². The summed E-state index contributed by atoms with van der Waals surface area (Å²) in [5.74, 6) is 1.95. The molecule has 0 amide bonds. The number of nitrogens with zero attached hydrogens (tertiary/aromatic N) is 3. The summed E-state index contributed by atoms with van der Waals surface area (Å²) in [6, 6.07) is 0. The molecule has 5 heteroatoms. The number of hydrogen-bond donors (Lipinski definition) is 0. The monoisotopic (exact) mass is 229 g/mol. The van der Waals surface area contributed by atoms with Crippen molar-refractivity contribution in [3.63, 3.8) is 0 Å². The molecule has 15 heavy (non-hydrogen) atoms. The zero-order valence-electron chi connectivity index (χ0n) is 9.11. The van der Waals surface area contributed by atoms with E-state index in [4.69, 9.17) is 16.3 Å². The van der Waals surface area contributed by atoms with Gasteiger partial charge < -0.3 is 9.64 Å². The Labute approximate surface area is 95.2 Å². The van der Waals surface area contributed by atoms with Crippen molar-refractivity contribution in [1.82, 2.24) is 9.97 Å². The van der Waals surface area contributed by atoms with Crippen molar-refractivity contribution in [2.45, 2.75) is 13.8 Å². The van der Waals surface area contributed by atoms with Crippen LogP contribution in [0.25, 0.3) is 0 Å². The van der Waals surface area contributed by atoms with Gasteiger partial charge in [-0.05, 0) is 13.8 Å². The number of halogens is 1. The van der Waals surface area contributed by atoms with Crippen LogP contribution < -0.4 is 9.64 Å². The second kappa shape index (κ2) is 6.45. The molecule has 1 aromatic rings. The Morgan fingerprint density at radius 1 is 1.40 bits per heavy atom. The molecule has 4 nitrogen and oxygen atoms in total. The summed E-state index contributed by atoms with van der Waals surface area (Å²) in [4.78, 5) is 10.5. The van der Waals surface area contributed by atoms with E-state index in [9.17, 15) is 0 Å². The van der Waals surface area contributed by atoms with Crippen LogP contribution in [0.5, 0.6) is 5.88 Å². The highest BCUT2D eigenvalue weighted by Gasteiger charge is 2.06. The quantitative estimate of drug-likeness (QED) is 0.699. The molecule has 0 aliphatic carbocycles. The molecular formula is C10H16ClN3O. The summed E-state index contributed by atoms with van der Waals surface area (Å²) < 4.78 is 5.29. The number of hydrogen-bond acceptors (Lipinski definition) is 4. The Morgan fingerprint density at radius 2 is 2.20 bits per heavy atom. The summed E-state index contributed by atoms with van der Waals surface area (Å²) in [5.41, 5.74) is 0. The van der Waals surface area contributed by atoms with Gasteiger partial charge in [0.25, 0.3) is 0 Å². The molecule has 0 aliphatic heterocycles. The molecule has 0 saturated carbocycles. The van der Waals surface area contributed by atoms with Crippen LogP contribution in [0.15, 0.2) is 12.4 Å². The first-order valence-electron chi connectivity index (χ1n) is 5.07. The average molecular weight is 230 g/mol. The third-order valence-corrected chi connectivity index (χ3v) is 2.12. The molecule has 0 N–H and O–H groups in total. The number of anilines is 1. The molecular weight excluding hydrogens is 214 g/mol. The third-order valence-electron chi connectivity index (χ3n) is 1.95. The SMILES string of the molecule is CCOc1cncc(N(CC)CCCl)n1. The van der Waals surface area contributed by atoms with E-state index in [2.05, 4.69) is 21.8 Å². The fraction of sp³-hybridized carbons (Fsp3) is 0.600. The van der Waals surface area contributed by atoms with Crippen LogP contribution in [0.3, 0.4) is 0 Å². The highest BCUT2D eigenvalue weighted by Crippen LogP contribution is 2.13. The Morgan fingerprint density at radius 3 is 2.80 bits per heavy atom. The van der Waals surface area contributed by atoms with Crippen LogP contribution in [0.1, 0.15) is 13.8 Å². The topological polar surface area (TPSA) is 38.2 Å². The van der Waals surface area contributed by atoms with Crippen LogP contribution in [-0.2, 0) is 0 Å². The van der Waals surface area contributed by atoms with Crippen LogP contribution in [0, 0.1) is 0 Å². The highest BCUT2D eigenvalue weighted by atomic mass is 35.5. The summed E-state index contributed by atoms with van der Waals surface area (Å²) in [6.07, 6.45) is 3.33. The number of alkyl halides is 1. The van der Waals surface area contributed by atoms with Gasteiger partial charge in [0, 0.05) is 19.0 Å². The highest BCUT2D eigenvalue weighted by molar-refractivity contribution is 6.18. The molecule has 1 aromatic heterocycles. The number of ether oxygens (including phenoxy) is 1. The lowest BCUT2D eigenvalue weighted by Gasteiger charge is -2.20. The van der Waals surface area contributed by atoms with Gasteiger partial charge in [0.2, 0.25) is 5.88 Å². The van der Waals surface area contributed by atoms with E-state index in [0.717, 1.165) is 18.9 Å². The maximum atomic E-state index is 5.70. The number of aromatic nitrogens is 2. The summed E-state index contributed by atoms with van der Waals surface area (Å²) in [5, 5.41) is 0. The van der Waals surface area contributed by atoms with Gasteiger partial charge in [-0.25, -0.2) is 0 Å². The lowest BCUT2D eigenvalue weighted by molar-refractivity contribution is 0.325. The normalized spacial score (nSPS) is 10.1. The first-order chi connectivity index (χ1) is 7.31. The predicted molar refractivity (Wildman–Crippen MR) is 61.8 cm³/mol. The molecule has 0 spiro atoms. The molecule has 0 saturated heterocycles. The summed E-state index contributed by atoms with van der Waals surface area (Å²) in [7, 11) is 0. The minimum atomic E-state index is 0.558. The largest absolute Gasteiger partial charge is 0.477 e. The first kappa shape index (κ1) is 12.0. The molecule has 0 aliphatic rings. The van der Waals surface area contributed by atoms with Gasteiger partial charge >= 0.3 is 0 Å². The Hall–Kier alpha value is -1.03. The van der Waals surface area contributed by atoms with Gasteiger partial charge in [-0.15, -0.1) is 11.6 Å². The summed E-state index contributed by atoms with van der Waals surface area (Å²) in [6.45, 7) is 6.20. The van der Waals surface area contributed by atoms with Crippen molar-refractivity contribution in [1.29, 1.82) is 0 Å². The van der Waals surface area contributed by atoms with Crippen LogP contribution in [0.4, 0.5) is 5.82 Å². The Balaban J connectivity index is 2.77. The standard InChI is InChI=1S/C10H16ClN3O/c1-3-14(6-5-11)9-7-12-8-10(13-9)15-4-2/h7-8H,3-6H2,1-2H3. The molecule has 0 bridgehead atoms. The van der Waals surface area contributed by atoms with Crippen molar-refractivity contribution in [2.24, 2.45) is 0 Å². The van der Waals surface area contributed by atoms with Gasteiger partial charge in [-0.3, -0.25) is 4.98 Å². The van der Waals surface area contributed by atoms with Gasteiger partial charge in [0.15, 0.2) is 5.82 Å². The molecule has 0 radical (unpaired) electrons. The van der Waals surface area contributed by atoms with Crippen molar-refractivity contribution >= 4 is 17.4 Å². The second-order valence-electron chi connectivity index (χ2n) is 2.92. The minimum absolute atomic E-state index is 0.558. The lowest BCUT2D eigenvalue weighted by atomic mass is 10.5. The molecule has 1 heterocycles. The average Bonchev–Trinajstić information content (AvgIpc) is 2.27. The zero-order chi connectivity index (χ0) is 11.1. The molecule has 84 valence electrons. The van der Waals surface area contributed by atoms with Crippen LogP contribution in [0.2, 0.25) is 0 Å². The van der Waals surface area contributed by atoms with E-state index in [-0.39, 0.29) is 0 Å². The molecule has 1 rings (SSSR count). The lowest BCUT2D eigenvalue weighted by Crippen LogP contribution is -2.26. The second-order valence-corrected chi connectivity index (χ2v) is 3.30. The van der Waals surface area contributed by atoms with E-state index in [0.29, 0.717) is 18.4 Å². The molecule has 0 unspecified atom stereocenters. The zero-order valence-corrected chi connectivity index (χ0v) is 9.87. The van der Waals surface area contributed by atoms with Gasteiger partial charge in [-0.1, -0.05) is 0 Å². The number of rotatable bonds is 6. The van der Waals surface area contributed by atoms with Crippen molar-refractivity contribution in [2.75, 3.05) is 30.5 Å². The van der Waals surface area contributed by atoms with Crippen molar-refractivity contribution in [3.05, 3.63) is 12.4 Å². The fourth-order valence-corrected chi connectivity index (χ4v) is 1.45. The Kier molecular flexibility index (Phi) is 5.18. The van der Waals surface area contributed by atoms with E-state index in [1.807, 2.05) is 6.92 Å². The van der Waals surface area contributed by atoms with Gasteiger partial charge in [0.1, 0.15) is 0 Å². The van der Waals surface area contributed by atoms with E-state index >= 15 is 0 Å². The molecule has 0 atom stereocenters. The van der Waals surface area contributed by atoms with E-state index in [1.165, 1.54) is 0 Å². The van der Waals surface area contributed by atoms with Gasteiger partial charge in [0.05, 0.1) is 19.0 Å². The molecule has 0 aromatic carbocycles. The van der Waals surface area contributed by atoms with Crippen LogP contribution >= 0.6 is 11.6 Å². The minimum Gasteiger partial charge on any atom is -0.477 e. The fourth-order valence-electron chi connectivity index (χ4n) is 1.24. The third kappa shape index (κ3) is 3.55.